The molecular weight excluding hydrogens is 301 g/mol. The van der Waals surface area contributed by atoms with Crippen LogP contribution in [0.2, 0.25) is 5.02 Å². The summed E-state index contributed by atoms with van der Waals surface area (Å²) < 4.78 is 22.6. The fraction of sp³-hybridized carbons (Fsp3) is 0.357. The third-order valence-electron chi connectivity index (χ3n) is 2.36. The number of hydrogen-bond donors (Lipinski definition) is 0. The second-order valence-electron chi connectivity index (χ2n) is 3.86. The topological polar surface area (TPSA) is 65.0 Å². The van der Waals surface area contributed by atoms with E-state index in [0.29, 0.717) is 5.69 Å². The Balaban J connectivity index is 2.93. The van der Waals surface area contributed by atoms with Crippen molar-refractivity contribution in [3.05, 3.63) is 29.0 Å². The van der Waals surface area contributed by atoms with Crippen LogP contribution in [0, 0.1) is 11.7 Å². The molecule has 114 valence electrons. The molecule has 1 rings (SSSR count). The fourth-order valence-electron chi connectivity index (χ4n) is 1.41. The molecule has 0 amide bonds. The molecule has 0 atom stereocenters. The number of halogens is 2. The Morgan fingerprint density at radius 2 is 1.86 bits per heavy atom. The molecule has 1 aromatic carbocycles. The Kier molecular flexibility index (Phi) is 6.81. The fourth-order valence-corrected chi connectivity index (χ4v) is 1.58. The van der Waals surface area contributed by atoms with Gasteiger partial charge in [0.1, 0.15) is 5.82 Å². The highest BCUT2D eigenvalue weighted by Crippen LogP contribution is 2.21. The maximum Gasteiger partial charge on any atom is 0.325 e. The Morgan fingerprint density at radius 1 is 1.29 bits per heavy atom. The summed E-state index contributed by atoms with van der Waals surface area (Å²) in [7, 11) is 0. The van der Waals surface area contributed by atoms with Gasteiger partial charge < -0.3 is 9.47 Å². The molecule has 7 heteroatoms. The molecule has 0 aliphatic rings. The average molecular weight is 316 g/mol. The number of esters is 2. The zero-order valence-corrected chi connectivity index (χ0v) is 12.4. The Bertz CT molecular complexity index is 530. The number of hydrogen-bond acceptors (Lipinski definition) is 5. The summed E-state index contributed by atoms with van der Waals surface area (Å²) in [6, 6.07) is 3.78. The third kappa shape index (κ3) is 5.15. The third-order valence-corrected chi connectivity index (χ3v) is 2.65. The van der Waals surface area contributed by atoms with E-state index in [0.717, 1.165) is 12.3 Å². The largest absolute Gasteiger partial charge is 0.465 e. The standard InChI is InChI=1S/C14H15ClFNO4/c1-3-20-13(18)10(14(19)21-4-2)8-17-9-5-6-12(16)11(15)7-9/h5-8,10H,3-4H2,1-2H3. The van der Waals surface area contributed by atoms with Crippen LogP contribution in [0.1, 0.15) is 13.8 Å². The molecule has 0 saturated carbocycles. The van der Waals surface area contributed by atoms with Crippen LogP contribution in [0.5, 0.6) is 0 Å². The molecule has 1 aromatic rings. The summed E-state index contributed by atoms with van der Waals surface area (Å²) >= 11 is 5.62. The summed E-state index contributed by atoms with van der Waals surface area (Å²) in [5, 5.41) is -0.103. The number of rotatable bonds is 6. The summed E-state index contributed by atoms with van der Waals surface area (Å²) in [6.45, 7) is 3.50. The highest BCUT2D eigenvalue weighted by atomic mass is 35.5. The number of carbonyl (C=O) groups excluding carboxylic acids is 2. The normalized spacial score (nSPS) is 10.9. The zero-order valence-electron chi connectivity index (χ0n) is 11.6. The Hall–Kier alpha value is -1.95. The lowest BCUT2D eigenvalue weighted by Crippen LogP contribution is -2.29. The molecule has 0 aliphatic heterocycles. The predicted molar refractivity (Wildman–Crippen MR) is 76.3 cm³/mol. The van der Waals surface area contributed by atoms with Crippen molar-refractivity contribution in [2.75, 3.05) is 13.2 Å². The van der Waals surface area contributed by atoms with Crippen molar-refractivity contribution in [3.63, 3.8) is 0 Å². The number of ether oxygens (including phenoxy) is 2. The SMILES string of the molecule is CCOC(=O)C(C=Nc1ccc(F)c(Cl)c1)C(=O)OCC. The lowest BCUT2D eigenvalue weighted by atomic mass is 10.1. The van der Waals surface area contributed by atoms with Gasteiger partial charge in [0, 0.05) is 6.21 Å². The van der Waals surface area contributed by atoms with Crippen LogP contribution in [0.25, 0.3) is 0 Å². The lowest BCUT2D eigenvalue weighted by molar-refractivity contribution is -0.157. The van der Waals surface area contributed by atoms with Crippen molar-refractivity contribution in [3.8, 4) is 0 Å². The van der Waals surface area contributed by atoms with Gasteiger partial charge in [0.25, 0.3) is 0 Å². The Labute approximate surface area is 126 Å². The smallest absolute Gasteiger partial charge is 0.325 e. The van der Waals surface area contributed by atoms with Crippen molar-refractivity contribution in [1.82, 2.24) is 0 Å². The van der Waals surface area contributed by atoms with Crippen LogP contribution in [0.4, 0.5) is 10.1 Å². The van der Waals surface area contributed by atoms with Gasteiger partial charge in [0.2, 0.25) is 0 Å². The van der Waals surface area contributed by atoms with E-state index in [2.05, 4.69) is 4.99 Å². The highest BCUT2D eigenvalue weighted by Gasteiger charge is 2.27. The summed E-state index contributed by atoms with van der Waals surface area (Å²) in [4.78, 5) is 27.3. The maximum atomic E-state index is 13.0. The molecule has 0 N–H and O–H groups in total. The van der Waals surface area contributed by atoms with Crippen LogP contribution in [-0.4, -0.2) is 31.4 Å². The van der Waals surface area contributed by atoms with Gasteiger partial charge in [-0.2, -0.15) is 0 Å². The molecule has 0 saturated heterocycles. The van der Waals surface area contributed by atoms with E-state index >= 15 is 0 Å². The first kappa shape index (κ1) is 17.1. The first-order valence-corrected chi connectivity index (χ1v) is 6.69. The average Bonchev–Trinajstić information content (AvgIpc) is 2.43. The van der Waals surface area contributed by atoms with Crippen molar-refractivity contribution in [1.29, 1.82) is 0 Å². The number of carbonyl (C=O) groups is 2. The Morgan fingerprint density at radius 3 is 2.33 bits per heavy atom. The molecule has 0 unspecified atom stereocenters. The van der Waals surface area contributed by atoms with E-state index in [1.807, 2.05) is 0 Å². The molecule has 21 heavy (non-hydrogen) atoms. The van der Waals surface area contributed by atoms with Gasteiger partial charge in [-0.25, -0.2) is 4.39 Å². The number of nitrogens with zero attached hydrogens (tertiary/aromatic N) is 1. The van der Waals surface area contributed by atoms with Crippen LogP contribution < -0.4 is 0 Å². The van der Waals surface area contributed by atoms with Crippen LogP contribution in [0.3, 0.4) is 0 Å². The predicted octanol–water partition coefficient (Wildman–Crippen LogP) is 2.92. The van der Waals surface area contributed by atoms with Crippen LogP contribution >= 0.6 is 11.6 Å². The van der Waals surface area contributed by atoms with Crippen LogP contribution in [-0.2, 0) is 19.1 Å². The van der Waals surface area contributed by atoms with Gasteiger partial charge in [-0.15, -0.1) is 0 Å². The summed E-state index contributed by atoms with van der Waals surface area (Å²) in [5.74, 6) is -3.36. The van der Waals surface area contributed by atoms with Gasteiger partial charge in [-0.3, -0.25) is 14.6 Å². The van der Waals surface area contributed by atoms with E-state index in [1.165, 1.54) is 12.1 Å². The van der Waals surface area contributed by atoms with E-state index in [4.69, 9.17) is 21.1 Å². The monoisotopic (exact) mass is 315 g/mol. The van der Waals surface area contributed by atoms with Gasteiger partial charge in [0.15, 0.2) is 5.92 Å². The first-order chi connectivity index (χ1) is 9.99. The molecule has 5 nitrogen and oxygen atoms in total. The molecule has 0 heterocycles. The van der Waals surface area contributed by atoms with E-state index in [-0.39, 0.29) is 18.2 Å². The molecule has 0 radical (unpaired) electrons. The van der Waals surface area contributed by atoms with Gasteiger partial charge in [-0.05, 0) is 32.0 Å². The molecule has 0 fully saturated rings. The first-order valence-electron chi connectivity index (χ1n) is 6.32. The second kappa shape index (κ2) is 8.36. The van der Waals surface area contributed by atoms with Gasteiger partial charge >= 0.3 is 11.9 Å². The second-order valence-corrected chi connectivity index (χ2v) is 4.27. The van der Waals surface area contributed by atoms with Gasteiger partial charge in [0.05, 0.1) is 23.9 Å². The highest BCUT2D eigenvalue weighted by molar-refractivity contribution is 6.31. The maximum absolute atomic E-state index is 13.0. The summed E-state index contributed by atoms with van der Waals surface area (Å²) in [6.07, 6.45) is 1.10. The summed E-state index contributed by atoms with van der Waals surface area (Å²) in [5.41, 5.74) is 0.306. The van der Waals surface area contributed by atoms with Crippen LogP contribution in [0.15, 0.2) is 23.2 Å². The number of aliphatic imine (C=N–C) groups is 1. The molecule has 0 aliphatic carbocycles. The quantitative estimate of drug-likeness (QED) is 0.460. The molecule has 0 bridgehead atoms. The molecular formula is C14H15ClFNO4. The van der Waals surface area contributed by atoms with Crippen molar-refractivity contribution >= 4 is 35.4 Å². The minimum absolute atomic E-state index is 0.103. The zero-order chi connectivity index (χ0) is 15.8. The lowest BCUT2D eigenvalue weighted by Gasteiger charge is -2.10. The van der Waals surface area contributed by atoms with E-state index in [1.54, 1.807) is 13.8 Å². The minimum Gasteiger partial charge on any atom is -0.465 e. The molecule has 0 spiro atoms. The molecule has 0 aromatic heterocycles. The minimum atomic E-state index is -1.27. The van der Waals surface area contributed by atoms with Crippen molar-refractivity contribution < 1.29 is 23.5 Å². The van der Waals surface area contributed by atoms with Crippen molar-refractivity contribution in [2.45, 2.75) is 13.8 Å². The van der Waals surface area contributed by atoms with E-state index in [9.17, 15) is 14.0 Å². The van der Waals surface area contributed by atoms with Crippen molar-refractivity contribution in [2.24, 2.45) is 10.9 Å². The van der Waals surface area contributed by atoms with Gasteiger partial charge in [-0.1, -0.05) is 11.6 Å². The number of benzene rings is 1. The van der Waals surface area contributed by atoms with E-state index < -0.39 is 23.7 Å².